The molecule has 24 heavy (non-hydrogen) atoms. The van der Waals surface area contributed by atoms with Gasteiger partial charge in [-0.2, -0.15) is 0 Å². The van der Waals surface area contributed by atoms with Gasteiger partial charge in [0.1, 0.15) is 17.5 Å². The lowest BCUT2D eigenvalue weighted by Crippen LogP contribution is -2.43. The van der Waals surface area contributed by atoms with Crippen LogP contribution in [0.5, 0.6) is 0 Å². The van der Waals surface area contributed by atoms with Crippen molar-refractivity contribution < 1.29 is 32.6 Å². The molecule has 5 nitrogen and oxygen atoms in total. The summed E-state index contributed by atoms with van der Waals surface area (Å²) in [5.74, 6) is -5.87. The summed E-state index contributed by atoms with van der Waals surface area (Å²) in [5, 5.41) is 9.28. The number of nitrogens with zero attached hydrogens (tertiary/aromatic N) is 1. The number of hydrogen-bond acceptors (Lipinski definition) is 3. The number of benzene rings is 1. The summed E-state index contributed by atoms with van der Waals surface area (Å²) < 4.78 is 46.4. The Hall–Kier alpha value is -2.25. The molecule has 1 saturated heterocycles. The second-order valence-corrected chi connectivity index (χ2v) is 6.68. The number of hydrogen-bond donors (Lipinski definition) is 1. The van der Waals surface area contributed by atoms with E-state index in [1.54, 1.807) is 20.8 Å². The molecule has 1 N–H and O–H groups in total. The van der Waals surface area contributed by atoms with E-state index in [2.05, 4.69) is 0 Å². The number of halogens is 3. The predicted octanol–water partition coefficient (Wildman–Crippen LogP) is 3.28. The maximum Gasteiger partial charge on any atom is 0.411 e. The molecule has 1 aliphatic rings. The Kier molecular flexibility index (Phi) is 4.77. The molecule has 1 aromatic rings. The first-order chi connectivity index (χ1) is 11.0. The number of carboxylic acids is 1. The van der Waals surface area contributed by atoms with Crippen LogP contribution in [0.4, 0.5) is 18.0 Å². The first kappa shape index (κ1) is 18.1. The number of amides is 1. The Bertz CT molecular complexity index is 672. The normalized spacial score (nSPS) is 21.0. The van der Waals surface area contributed by atoms with Crippen molar-refractivity contribution in [3.63, 3.8) is 0 Å². The number of ether oxygens (including phenoxy) is 1. The van der Waals surface area contributed by atoms with E-state index >= 15 is 0 Å². The number of carbonyl (C=O) groups is 2. The van der Waals surface area contributed by atoms with Gasteiger partial charge in [-0.25, -0.2) is 22.8 Å². The maximum atomic E-state index is 13.9. The fourth-order valence-electron chi connectivity index (χ4n) is 2.72. The van der Waals surface area contributed by atoms with Crippen molar-refractivity contribution >= 4 is 12.1 Å². The van der Waals surface area contributed by atoms with Gasteiger partial charge in [0.15, 0.2) is 11.6 Å². The quantitative estimate of drug-likeness (QED) is 0.836. The highest BCUT2D eigenvalue weighted by Gasteiger charge is 2.43. The molecule has 1 aliphatic heterocycles. The molecular formula is C16H18F3NO4. The highest BCUT2D eigenvalue weighted by Crippen LogP contribution is 2.36. The number of carbonyl (C=O) groups excluding carboxylic acids is 1. The van der Waals surface area contributed by atoms with E-state index in [9.17, 15) is 27.9 Å². The maximum absolute atomic E-state index is 13.9. The second-order valence-electron chi connectivity index (χ2n) is 6.68. The zero-order valence-corrected chi connectivity index (χ0v) is 13.5. The lowest BCUT2D eigenvalue weighted by atomic mass is 9.95. The minimum atomic E-state index is -1.37. The minimum Gasteiger partial charge on any atom is -0.480 e. The molecule has 0 bridgehead atoms. The summed E-state index contributed by atoms with van der Waals surface area (Å²) in [7, 11) is 0. The largest absolute Gasteiger partial charge is 0.480 e. The number of carboxylic acid groups (broad SMARTS) is 1. The molecule has 1 heterocycles. The molecular weight excluding hydrogens is 327 g/mol. The van der Waals surface area contributed by atoms with Gasteiger partial charge in [0.25, 0.3) is 0 Å². The summed E-state index contributed by atoms with van der Waals surface area (Å²) in [5.41, 5.74) is -1.40. The Morgan fingerprint density at radius 3 is 2.33 bits per heavy atom. The first-order valence-electron chi connectivity index (χ1n) is 7.37. The molecule has 1 fully saturated rings. The van der Waals surface area contributed by atoms with E-state index in [0.717, 1.165) is 11.0 Å². The van der Waals surface area contributed by atoms with E-state index in [4.69, 9.17) is 4.74 Å². The third-order valence-corrected chi connectivity index (χ3v) is 3.70. The molecule has 2 rings (SSSR count). The average Bonchev–Trinajstić information content (AvgIpc) is 2.87. The van der Waals surface area contributed by atoms with Crippen LogP contribution >= 0.6 is 0 Å². The van der Waals surface area contributed by atoms with Gasteiger partial charge >= 0.3 is 12.1 Å². The van der Waals surface area contributed by atoms with Gasteiger partial charge in [0.05, 0.1) is 0 Å². The smallest absolute Gasteiger partial charge is 0.411 e. The molecule has 0 aromatic heterocycles. The van der Waals surface area contributed by atoms with Crippen LogP contribution in [-0.2, 0) is 9.53 Å². The average molecular weight is 345 g/mol. The Labute approximate surface area is 137 Å². The van der Waals surface area contributed by atoms with Crippen molar-refractivity contribution in [2.24, 2.45) is 0 Å². The van der Waals surface area contributed by atoms with Gasteiger partial charge in [-0.15, -0.1) is 0 Å². The van der Waals surface area contributed by atoms with Gasteiger partial charge in [-0.05, 0) is 39.3 Å². The fourth-order valence-corrected chi connectivity index (χ4v) is 2.72. The summed E-state index contributed by atoms with van der Waals surface area (Å²) in [6.45, 7) is 4.56. The van der Waals surface area contributed by atoms with Crippen LogP contribution in [0.25, 0.3) is 0 Å². The van der Waals surface area contributed by atoms with Crippen molar-refractivity contribution in [1.29, 1.82) is 0 Å². The molecule has 0 saturated carbocycles. The number of aliphatic carboxylic acids is 1. The zero-order valence-electron chi connectivity index (χ0n) is 13.5. The van der Waals surface area contributed by atoms with Crippen molar-refractivity contribution in [2.45, 2.75) is 44.8 Å². The van der Waals surface area contributed by atoms with E-state index in [1.165, 1.54) is 0 Å². The summed E-state index contributed by atoms with van der Waals surface area (Å²) >= 11 is 0. The van der Waals surface area contributed by atoms with Crippen molar-refractivity contribution in [3.8, 4) is 0 Å². The number of rotatable bonds is 2. The highest BCUT2D eigenvalue weighted by atomic mass is 19.2. The van der Waals surface area contributed by atoms with Crippen LogP contribution in [0.3, 0.4) is 0 Å². The highest BCUT2D eigenvalue weighted by molar-refractivity contribution is 5.81. The third-order valence-electron chi connectivity index (χ3n) is 3.70. The number of likely N-dealkylation sites (tertiary alicyclic amines) is 1. The molecule has 2 atom stereocenters. The molecule has 1 amide bonds. The van der Waals surface area contributed by atoms with Gasteiger partial charge in [-0.3, -0.25) is 4.90 Å². The second kappa shape index (κ2) is 6.33. The topological polar surface area (TPSA) is 66.8 Å². The van der Waals surface area contributed by atoms with Crippen LogP contribution in [-0.4, -0.2) is 40.3 Å². The molecule has 0 spiro atoms. The SMILES string of the molecule is CC(C)(C)OC(=O)N1C[C@@H](c2c(F)ccc(F)c2F)CC1C(=O)O. The van der Waals surface area contributed by atoms with Gasteiger partial charge in [0.2, 0.25) is 0 Å². The van der Waals surface area contributed by atoms with E-state index in [-0.39, 0.29) is 13.0 Å². The van der Waals surface area contributed by atoms with Gasteiger partial charge < -0.3 is 9.84 Å². The minimum absolute atomic E-state index is 0.230. The Morgan fingerprint density at radius 1 is 1.21 bits per heavy atom. The fraction of sp³-hybridized carbons (Fsp3) is 0.500. The summed E-state index contributed by atoms with van der Waals surface area (Å²) in [6, 6.07) is 0.134. The van der Waals surface area contributed by atoms with Gasteiger partial charge in [0, 0.05) is 18.0 Å². The van der Waals surface area contributed by atoms with Crippen LogP contribution in [0.15, 0.2) is 12.1 Å². The molecule has 8 heteroatoms. The summed E-state index contributed by atoms with van der Waals surface area (Å²) in [4.78, 5) is 24.5. The van der Waals surface area contributed by atoms with E-state index in [0.29, 0.717) is 6.07 Å². The van der Waals surface area contributed by atoms with Crippen molar-refractivity contribution in [1.82, 2.24) is 4.90 Å². The lowest BCUT2D eigenvalue weighted by Gasteiger charge is -2.26. The van der Waals surface area contributed by atoms with Crippen LogP contribution in [0, 0.1) is 17.5 Å². The molecule has 1 aromatic carbocycles. The standard InChI is InChI=1S/C16H18F3NO4/c1-16(2,3)24-15(23)20-7-8(6-11(20)14(21)22)12-9(17)4-5-10(18)13(12)19/h4-5,8,11H,6-7H2,1-3H3,(H,21,22)/t8-,11?/m0/s1. The summed E-state index contributed by atoms with van der Waals surface area (Å²) in [6.07, 6.45) is -1.12. The molecule has 0 radical (unpaired) electrons. The van der Waals surface area contributed by atoms with Crippen molar-refractivity contribution in [2.75, 3.05) is 6.54 Å². The molecule has 132 valence electrons. The zero-order chi connectivity index (χ0) is 18.2. The Morgan fingerprint density at radius 2 is 1.79 bits per heavy atom. The predicted molar refractivity (Wildman–Crippen MR) is 78.0 cm³/mol. The van der Waals surface area contributed by atoms with Crippen LogP contribution < -0.4 is 0 Å². The van der Waals surface area contributed by atoms with Crippen LogP contribution in [0.1, 0.15) is 38.7 Å². The monoisotopic (exact) mass is 345 g/mol. The molecule has 1 unspecified atom stereocenters. The van der Waals surface area contributed by atoms with E-state index < -0.39 is 52.6 Å². The van der Waals surface area contributed by atoms with Gasteiger partial charge in [-0.1, -0.05) is 0 Å². The Balaban J connectivity index is 2.33. The third kappa shape index (κ3) is 3.63. The van der Waals surface area contributed by atoms with E-state index in [1.807, 2.05) is 0 Å². The lowest BCUT2D eigenvalue weighted by molar-refractivity contribution is -0.142. The molecule has 0 aliphatic carbocycles. The van der Waals surface area contributed by atoms with Crippen LogP contribution in [0.2, 0.25) is 0 Å². The van der Waals surface area contributed by atoms with Crippen molar-refractivity contribution in [3.05, 3.63) is 35.1 Å². The first-order valence-corrected chi connectivity index (χ1v) is 7.37.